The quantitative estimate of drug-likeness (QED) is 0.523. The van der Waals surface area contributed by atoms with Gasteiger partial charge in [-0.3, -0.25) is 4.79 Å². The summed E-state index contributed by atoms with van der Waals surface area (Å²) >= 11 is 1.67. The summed E-state index contributed by atoms with van der Waals surface area (Å²) in [6.07, 6.45) is 3.54. The van der Waals surface area contributed by atoms with Crippen LogP contribution >= 0.6 is 11.8 Å². The lowest BCUT2D eigenvalue weighted by Gasteiger charge is -2.14. The van der Waals surface area contributed by atoms with Gasteiger partial charge in [-0.2, -0.15) is 11.8 Å². The van der Waals surface area contributed by atoms with E-state index in [-0.39, 0.29) is 11.9 Å². The summed E-state index contributed by atoms with van der Waals surface area (Å²) in [7, 11) is 1.33. The topological polar surface area (TPSA) is 55.4 Å². The fourth-order valence-electron chi connectivity index (χ4n) is 1.21. The molecule has 94 valence electrons. The highest BCUT2D eigenvalue weighted by Gasteiger charge is 2.19. The standard InChI is InChI=1S/C11H21NO3S/c1-4-5-6-7-16-8-10(11(14)15-3)12-9(2)13/h10H,4-8H2,1-3H3,(H,12,13). The molecule has 5 heteroatoms. The first kappa shape index (κ1) is 15.3. The number of unbranched alkanes of at least 4 members (excludes halogenated alkanes) is 2. The van der Waals surface area contributed by atoms with Crippen LogP contribution in [0.15, 0.2) is 0 Å². The van der Waals surface area contributed by atoms with Crippen molar-refractivity contribution in [1.29, 1.82) is 0 Å². The maximum atomic E-state index is 11.3. The second-order valence-corrected chi connectivity index (χ2v) is 4.71. The van der Waals surface area contributed by atoms with Crippen LogP contribution in [0.2, 0.25) is 0 Å². The van der Waals surface area contributed by atoms with E-state index in [1.54, 1.807) is 11.8 Å². The van der Waals surface area contributed by atoms with Gasteiger partial charge < -0.3 is 10.1 Å². The Bertz CT molecular complexity index is 221. The van der Waals surface area contributed by atoms with E-state index < -0.39 is 6.04 Å². The minimum Gasteiger partial charge on any atom is -0.467 e. The number of carbonyl (C=O) groups excluding carboxylic acids is 2. The molecule has 1 N–H and O–H groups in total. The van der Waals surface area contributed by atoms with E-state index in [9.17, 15) is 9.59 Å². The first-order chi connectivity index (χ1) is 7.61. The van der Waals surface area contributed by atoms with Gasteiger partial charge in [0, 0.05) is 12.7 Å². The number of methoxy groups -OCH3 is 1. The van der Waals surface area contributed by atoms with Crippen molar-refractivity contribution in [2.45, 2.75) is 39.2 Å². The Hall–Kier alpha value is -0.710. The maximum absolute atomic E-state index is 11.3. The molecule has 0 aromatic carbocycles. The minimum absolute atomic E-state index is 0.204. The number of ether oxygens (including phenoxy) is 1. The lowest BCUT2D eigenvalue weighted by Crippen LogP contribution is -2.42. The molecule has 0 spiro atoms. The molecular formula is C11H21NO3S. The van der Waals surface area contributed by atoms with Crippen molar-refractivity contribution in [3.8, 4) is 0 Å². The summed E-state index contributed by atoms with van der Waals surface area (Å²) in [5.74, 6) is 1.01. The number of nitrogens with one attached hydrogen (secondary N) is 1. The van der Waals surface area contributed by atoms with Gasteiger partial charge in [-0.25, -0.2) is 4.79 Å². The molecule has 0 aliphatic heterocycles. The van der Waals surface area contributed by atoms with Crippen molar-refractivity contribution >= 4 is 23.6 Å². The Labute approximate surface area is 101 Å². The molecule has 0 heterocycles. The number of hydrogen-bond acceptors (Lipinski definition) is 4. The molecular weight excluding hydrogens is 226 g/mol. The van der Waals surface area contributed by atoms with Crippen molar-refractivity contribution in [3.05, 3.63) is 0 Å². The van der Waals surface area contributed by atoms with E-state index in [1.807, 2.05) is 0 Å². The van der Waals surface area contributed by atoms with Gasteiger partial charge in [0.05, 0.1) is 7.11 Å². The van der Waals surface area contributed by atoms with Crippen LogP contribution in [-0.4, -0.2) is 36.5 Å². The number of rotatable bonds is 8. The molecule has 1 unspecified atom stereocenters. The molecule has 0 aromatic heterocycles. The van der Waals surface area contributed by atoms with Gasteiger partial charge in [0.2, 0.25) is 5.91 Å². The molecule has 0 fully saturated rings. The average Bonchev–Trinajstić information content (AvgIpc) is 2.25. The first-order valence-corrected chi connectivity index (χ1v) is 6.70. The second kappa shape index (κ2) is 9.51. The molecule has 0 rings (SSSR count). The van der Waals surface area contributed by atoms with Crippen LogP contribution in [0.3, 0.4) is 0 Å². The summed E-state index contributed by atoms with van der Waals surface area (Å²) in [6.45, 7) is 3.55. The molecule has 0 aliphatic carbocycles. The van der Waals surface area contributed by atoms with Crippen molar-refractivity contribution in [3.63, 3.8) is 0 Å². The maximum Gasteiger partial charge on any atom is 0.329 e. The third-order valence-corrected chi connectivity index (χ3v) is 3.19. The lowest BCUT2D eigenvalue weighted by atomic mass is 10.3. The van der Waals surface area contributed by atoms with Crippen LogP contribution in [-0.2, 0) is 14.3 Å². The molecule has 0 saturated carbocycles. The highest BCUT2D eigenvalue weighted by atomic mass is 32.2. The number of esters is 1. The number of hydrogen-bond donors (Lipinski definition) is 1. The van der Waals surface area contributed by atoms with Gasteiger partial charge in [-0.15, -0.1) is 0 Å². The van der Waals surface area contributed by atoms with Gasteiger partial charge in [0.25, 0.3) is 0 Å². The fourth-order valence-corrected chi connectivity index (χ4v) is 2.24. The summed E-state index contributed by atoms with van der Waals surface area (Å²) in [6, 6.07) is -0.519. The Morgan fingerprint density at radius 3 is 2.56 bits per heavy atom. The molecule has 4 nitrogen and oxygen atoms in total. The first-order valence-electron chi connectivity index (χ1n) is 5.54. The van der Waals surface area contributed by atoms with Crippen molar-refractivity contribution in [2.24, 2.45) is 0 Å². The normalized spacial score (nSPS) is 11.9. The van der Waals surface area contributed by atoms with Crippen LogP contribution in [0.4, 0.5) is 0 Å². The smallest absolute Gasteiger partial charge is 0.329 e. The fraction of sp³-hybridized carbons (Fsp3) is 0.818. The summed E-state index contributed by atoms with van der Waals surface area (Å²) in [5.41, 5.74) is 0. The van der Waals surface area contributed by atoms with Crippen LogP contribution in [0, 0.1) is 0 Å². The molecule has 0 bridgehead atoms. The van der Waals surface area contributed by atoms with E-state index in [0.29, 0.717) is 5.75 Å². The molecule has 0 radical (unpaired) electrons. The molecule has 0 saturated heterocycles. The highest BCUT2D eigenvalue weighted by molar-refractivity contribution is 7.99. The van der Waals surface area contributed by atoms with Crippen LogP contribution in [0.25, 0.3) is 0 Å². The monoisotopic (exact) mass is 247 g/mol. The van der Waals surface area contributed by atoms with Gasteiger partial charge in [-0.05, 0) is 12.2 Å². The Morgan fingerprint density at radius 1 is 1.38 bits per heavy atom. The van der Waals surface area contributed by atoms with E-state index in [4.69, 9.17) is 0 Å². The molecule has 0 aliphatic rings. The van der Waals surface area contributed by atoms with Crippen LogP contribution < -0.4 is 5.32 Å². The number of thioether (sulfide) groups is 1. The zero-order valence-corrected chi connectivity index (χ0v) is 11.1. The minimum atomic E-state index is -0.519. The Kier molecular flexibility index (Phi) is 9.09. The average molecular weight is 247 g/mol. The lowest BCUT2D eigenvalue weighted by molar-refractivity contribution is -0.144. The van der Waals surface area contributed by atoms with E-state index in [2.05, 4.69) is 17.0 Å². The van der Waals surface area contributed by atoms with Gasteiger partial charge in [0.15, 0.2) is 0 Å². The molecule has 1 amide bonds. The Morgan fingerprint density at radius 2 is 2.06 bits per heavy atom. The zero-order valence-electron chi connectivity index (χ0n) is 10.2. The van der Waals surface area contributed by atoms with Crippen LogP contribution in [0.5, 0.6) is 0 Å². The van der Waals surface area contributed by atoms with Crippen molar-refractivity contribution in [1.82, 2.24) is 5.32 Å². The van der Waals surface area contributed by atoms with E-state index in [0.717, 1.165) is 12.2 Å². The van der Waals surface area contributed by atoms with Crippen LogP contribution in [0.1, 0.15) is 33.1 Å². The Balaban J connectivity index is 3.83. The predicted molar refractivity (Wildman–Crippen MR) is 66.5 cm³/mol. The SMILES string of the molecule is CCCCCSCC(NC(C)=O)C(=O)OC. The number of amides is 1. The van der Waals surface area contributed by atoms with E-state index >= 15 is 0 Å². The summed E-state index contributed by atoms with van der Waals surface area (Å²) < 4.78 is 4.62. The second-order valence-electron chi connectivity index (χ2n) is 3.56. The third kappa shape index (κ3) is 7.56. The predicted octanol–water partition coefficient (Wildman–Crippen LogP) is 1.59. The van der Waals surface area contributed by atoms with E-state index in [1.165, 1.54) is 26.9 Å². The molecule has 1 atom stereocenters. The van der Waals surface area contributed by atoms with Gasteiger partial charge >= 0.3 is 5.97 Å². The van der Waals surface area contributed by atoms with Gasteiger partial charge in [0.1, 0.15) is 6.04 Å². The molecule has 16 heavy (non-hydrogen) atoms. The van der Waals surface area contributed by atoms with Crippen molar-refractivity contribution in [2.75, 3.05) is 18.6 Å². The summed E-state index contributed by atoms with van der Waals surface area (Å²) in [5, 5.41) is 2.59. The summed E-state index contributed by atoms with van der Waals surface area (Å²) in [4.78, 5) is 22.2. The largest absolute Gasteiger partial charge is 0.467 e. The highest BCUT2D eigenvalue weighted by Crippen LogP contribution is 2.08. The number of carbonyl (C=O) groups is 2. The molecule has 0 aromatic rings. The van der Waals surface area contributed by atoms with Crippen molar-refractivity contribution < 1.29 is 14.3 Å². The third-order valence-electron chi connectivity index (χ3n) is 2.04. The van der Waals surface area contributed by atoms with Gasteiger partial charge in [-0.1, -0.05) is 19.8 Å². The zero-order chi connectivity index (χ0) is 12.4.